The number of hydrazine groups is 1. The molecule has 0 bridgehead atoms. The van der Waals surface area contributed by atoms with E-state index in [2.05, 4.69) is 34.0 Å². The van der Waals surface area contributed by atoms with Crippen LogP contribution in [0.25, 0.3) is 0 Å². The number of hydrogen-bond acceptors (Lipinski definition) is 5. The van der Waals surface area contributed by atoms with Crippen LogP contribution in [-0.4, -0.2) is 45.4 Å². The molecule has 3 aliphatic heterocycles. The topological polar surface area (TPSA) is 64.7 Å². The first-order chi connectivity index (χ1) is 12.0. The first kappa shape index (κ1) is 17.1. The molecule has 2 fully saturated rings. The molecule has 4 rings (SSSR count). The molecule has 0 aromatic heterocycles. The van der Waals surface area contributed by atoms with E-state index in [-0.39, 0.29) is 12.1 Å². The number of aryl methyl sites for hydroxylation is 1. The van der Waals surface area contributed by atoms with Crippen molar-refractivity contribution in [1.29, 1.82) is 0 Å². The minimum absolute atomic E-state index is 0.104. The molecule has 3 heterocycles. The van der Waals surface area contributed by atoms with E-state index < -0.39 is 15.3 Å². The monoisotopic (exact) mass is 364 g/mol. The minimum Gasteiger partial charge on any atom is -0.371 e. The van der Waals surface area contributed by atoms with Gasteiger partial charge in [0.1, 0.15) is 5.25 Å². The molecule has 138 valence electrons. The number of rotatable bonds is 3. The van der Waals surface area contributed by atoms with Gasteiger partial charge in [0.2, 0.25) is 10.0 Å². The summed E-state index contributed by atoms with van der Waals surface area (Å²) in [5.41, 5.74) is 9.36. The van der Waals surface area contributed by atoms with Gasteiger partial charge in [0.15, 0.2) is 0 Å². The van der Waals surface area contributed by atoms with E-state index in [9.17, 15) is 8.42 Å². The van der Waals surface area contributed by atoms with Gasteiger partial charge in [0, 0.05) is 37.4 Å². The second-order valence-electron chi connectivity index (χ2n) is 7.56. The van der Waals surface area contributed by atoms with Crippen LogP contribution in [0.2, 0.25) is 0 Å². The highest BCUT2D eigenvalue weighted by Crippen LogP contribution is 2.36. The molecule has 1 aromatic rings. The van der Waals surface area contributed by atoms with Crippen molar-refractivity contribution in [2.75, 3.05) is 28.8 Å². The average molecular weight is 365 g/mol. The molecule has 3 aliphatic rings. The Morgan fingerprint density at radius 1 is 1.00 bits per heavy atom. The standard InChI is InChI=1S/C18H28N4O2S/c1-13-18(14(2)20-19-13)25(23,24)22-11-5-6-15-7-8-16(12-17(15)22)21-9-3-4-10-21/h7-8,12-14,18-20H,3-6,9-11H2,1-2H3. The van der Waals surface area contributed by atoms with E-state index in [0.717, 1.165) is 42.9 Å². The lowest BCUT2D eigenvalue weighted by Gasteiger charge is -2.35. The summed E-state index contributed by atoms with van der Waals surface area (Å²) < 4.78 is 28.6. The molecular weight excluding hydrogens is 336 g/mol. The third-order valence-corrected chi connectivity index (χ3v) is 8.29. The highest BCUT2D eigenvalue weighted by Gasteiger charge is 2.44. The van der Waals surface area contributed by atoms with Crippen molar-refractivity contribution in [3.05, 3.63) is 23.8 Å². The fourth-order valence-electron chi connectivity index (χ4n) is 4.49. The Morgan fingerprint density at radius 2 is 1.68 bits per heavy atom. The molecule has 0 saturated carbocycles. The van der Waals surface area contributed by atoms with Crippen LogP contribution in [0, 0.1) is 0 Å². The quantitative estimate of drug-likeness (QED) is 0.853. The summed E-state index contributed by atoms with van der Waals surface area (Å²) in [4.78, 5) is 2.36. The van der Waals surface area contributed by atoms with Gasteiger partial charge in [-0.05, 0) is 57.2 Å². The van der Waals surface area contributed by atoms with E-state index in [4.69, 9.17) is 0 Å². The zero-order chi connectivity index (χ0) is 17.6. The summed E-state index contributed by atoms with van der Waals surface area (Å²) in [7, 11) is -3.42. The predicted molar refractivity (Wildman–Crippen MR) is 101 cm³/mol. The molecule has 0 spiro atoms. The normalized spacial score (nSPS) is 29.9. The Labute approximate surface area is 150 Å². The van der Waals surface area contributed by atoms with Gasteiger partial charge >= 0.3 is 0 Å². The summed E-state index contributed by atoms with van der Waals surface area (Å²) in [6.45, 7) is 6.58. The van der Waals surface area contributed by atoms with Crippen molar-refractivity contribution in [2.24, 2.45) is 0 Å². The number of sulfonamides is 1. The number of anilines is 2. The number of nitrogens with one attached hydrogen (secondary N) is 2. The van der Waals surface area contributed by atoms with Gasteiger partial charge in [-0.2, -0.15) is 0 Å². The number of hydrogen-bond donors (Lipinski definition) is 2. The van der Waals surface area contributed by atoms with Gasteiger partial charge in [-0.3, -0.25) is 15.2 Å². The molecular formula is C18H28N4O2S. The highest BCUT2D eigenvalue weighted by atomic mass is 32.2. The van der Waals surface area contributed by atoms with Crippen LogP contribution >= 0.6 is 0 Å². The molecule has 2 N–H and O–H groups in total. The number of nitrogens with zero attached hydrogens (tertiary/aromatic N) is 2. The Bertz CT molecular complexity index is 735. The summed E-state index contributed by atoms with van der Waals surface area (Å²) >= 11 is 0. The van der Waals surface area contributed by atoms with Crippen LogP contribution < -0.4 is 20.1 Å². The smallest absolute Gasteiger partial charge is 0.241 e. The molecule has 0 radical (unpaired) electrons. The maximum Gasteiger partial charge on any atom is 0.241 e. The van der Waals surface area contributed by atoms with Crippen LogP contribution in [0.1, 0.15) is 38.7 Å². The van der Waals surface area contributed by atoms with Gasteiger partial charge in [0.05, 0.1) is 5.69 Å². The van der Waals surface area contributed by atoms with E-state index >= 15 is 0 Å². The van der Waals surface area contributed by atoms with E-state index in [0.29, 0.717) is 6.54 Å². The third kappa shape index (κ3) is 2.92. The molecule has 7 heteroatoms. The van der Waals surface area contributed by atoms with Crippen LogP contribution in [0.3, 0.4) is 0 Å². The molecule has 6 nitrogen and oxygen atoms in total. The van der Waals surface area contributed by atoms with Crippen molar-refractivity contribution in [3.8, 4) is 0 Å². The molecule has 0 aliphatic carbocycles. The van der Waals surface area contributed by atoms with Crippen LogP contribution in [0.15, 0.2) is 18.2 Å². The fourth-order valence-corrected chi connectivity index (χ4v) is 6.78. The lowest BCUT2D eigenvalue weighted by molar-refractivity contribution is 0.550. The minimum atomic E-state index is -3.42. The van der Waals surface area contributed by atoms with Crippen molar-refractivity contribution in [3.63, 3.8) is 0 Å². The molecule has 2 saturated heterocycles. The fraction of sp³-hybridized carbons (Fsp3) is 0.667. The van der Waals surface area contributed by atoms with Crippen LogP contribution in [0.4, 0.5) is 11.4 Å². The maximum absolute atomic E-state index is 13.4. The second kappa shape index (κ2) is 6.45. The molecule has 1 aromatic carbocycles. The zero-order valence-corrected chi connectivity index (χ0v) is 15.8. The number of benzene rings is 1. The van der Waals surface area contributed by atoms with Gasteiger partial charge in [-0.1, -0.05) is 6.07 Å². The van der Waals surface area contributed by atoms with Crippen LogP contribution in [-0.2, 0) is 16.4 Å². The van der Waals surface area contributed by atoms with Crippen molar-refractivity contribution >= 4 is 21.4 Å². The summed E-state index contributed by atoms with van der Waals surface area (Å²) in [6, 6.07) is 6.18. The van der Waals surface area contributed by atoms with E-state index in [1.807, 2.05) is 13.8 Å². The van der Waals surface area contributed by atoms with Gasteiger partial charge in [-0.25, -0.2) is 8.42 Å². The molecule has 2 unspecified atom stereocenters. The third-order valence-electron chi connectivity index (χ3n) is 5.79. The Balaban J connectivity index is 1.71. The van der Waals surface area contributed by atoms with Crippen molar-refractivity contribution in [1.82, 2.24) is 10.9 Å². The van der Waals surface area contributed by atoms with Crippen LogP contribution in [0.5, 0.6) is 0 Å². The summed E-state index contributed by atoms with van der Waals surface area (Å²) in [6.07, 6.45) is 4.26. The van der Waals surface area contributed by atoms with E-state index in [1.54, 1.807) is 4.31 Å². The molecule has 2 atom stereocenters. The summed E-state index contributed by atoms with van der Waals surface area (Å²) in [5, 5.41) is -0.450. The summed E-state index contributed by atoms with van der Waals surface area (Å²) in [5.74, 6) is 0. The van der Waals surface area contributed by atoms with E-state index in [1.165, 1.54) is 12.8 Å². The predicted octanol–water partition coefficient (Wildman–Crippen LogP) is 1.62. The van der Waals surface area contributed by atoms with Crippen molar-refractivity contribution in [2.45, 2.75) is 56.9 Å². The Kier molecular flexibility index (Phi) is 4.42. The lowest BCUT2D eigenvalue weighted by atomic mass is 10.0. The Morgan fingerprint density at radius 3 is 2.36 bits per heavy atom. The number of fused-ring (bicyclic) bond motifs is 1. The van der Waals surface area contributed by atoms with Gasteiger partial charge in [-0.15, -0.1) is 0 Å². The first-order valence-corrected chi connectivity index (χ1v) is 10.9. The van der Waals surface area contributed by atoms with Crippen molar-refractivity contribution < 1.29 is 8.42 Å². The lowest BCUT2D eigenvalue weighted by Crippen LogP contribution is -2.48. The second-order valence-corrected chi connectivity index (χ2v) is 9.57. The highest BCUT2D eigenvalue weighted by molar-refractivity contribution is 7.93. The molecule has 25 heavy (non-hydrogen) atoms. The maximum atomic E-state index is 13.4. The first-order valence-electron chi connectivity index (χ1n) is 9.39. The largest absolute Gasteiger partial charge is 0.371 e. The van der Waals surface area contributed by atoms with Gasteiger partial charge in [0.25, 0.3) is 0 Å². The Hall–Kier alpha value is -1.31. The SMILES string of the molecule is CC1NNC(C)C1S(=O)(=O)N1CCCc2ccc(N3CCCC3)cc21. The average Bonchev–Trinajstić information content (AvgIpc) is 3.24. The molecule has 0 amide bonds. The zero-order valence-electron chi connectivity index (χ0n) is 15.0. The van der Waals surface area contributed by atoms with Gasteiger partial charge < -0.3 is 4.90 Å².